The Labute approximate surface area is 106 Å². The quantitative estimate of drug-likeness (QED) is 0.650. The lowest BCUT2D eigenvalue weighted by Gasteiger charge is -2.11. The molecule has 2 aromatic carbocycles. The molecule has 1 heterocycles. The molecule has 0 saturated carbocycles. The summed E-state index contributed by atoms with van der Waals surface area (Å²) in [5.41, 5.74) is 10.3. The van der Waals surface area contributed by atoms with Crippen LogP contribution in [0.4, 0.5) is 5.69 Å². The fourth-order valence-electron chi connectivity index (χ4n) is 2.29. The van der Waals surface area contributed by atoms with Crippen molar-refractivity contribution in [2.75, 3.05) is 5.73 Å². The summed E-state index contributed by atoms with van der Waals surface area (Å²) in [5.74, 6) is 0. The molecule has 0 aliphatic heterocycles. The second-order valence-corrected chi connectivity index (χ2v) is 4.42. The van der Waals surface area contributed by atoms with E-state index in [2.05, 4.69) is 36.2 Å². The molecular formula is C16H14N2. The summed E-state index contributed by atoms with van der Waals surface area (Å²) in [7, 11) is 0. The SMILES string of the molecule is Cc1c(N)cccc1-c1cccc2ccncc12. The minimum Gasteiger partial charge on any atom is -0.398 e. The molecule has 1 aromatic heterocycles. The Balaban J connectivity index is 2.35. The summed E-state index contributed by atoms with van der Waals surface area (Å²) in [6, 6.07) is 14.3. The molecule has 0 atom stereocenters. The van der Waals surface area contributed by atoms with Gasteiger partial charge in [-0.1, -0.05) is 30.3 Å². The van der Waals surface area contributed by atoms with Crippen LogP contribution in [0.2, 0.25) is 0 Å². The smallest absolute Gasteiger partial charge is 0.0352 e. The zero-order chi connectivity index (χ0) is 12.5. The number of benzene rings is 2. The Hall–Kier alpha value is -2.35. The number of fused-ring (bicyclic) bond motifs is 1. The van der Waals surface area contributed by atoms with Crippen LogP contribution in [0.5, 0.6) is 0 Å². The first-order valence-electron chi connectivity index (χ1n) is 5.95. The van der Waals surface area contributed by atoms with Crippen molar-refractivity contribution >= 4 is 16.5 Å². The van der Waals surface area contributed by atoms with Gasteiger partial charge in [0.1, 0.15) is 0 Å². The van der Waals surface area contributed by atoms with E-state index >= 15 is 0 Å². The zero-order valence-corrected chi connectivity index (χ0v) is 10.2. The maximum Gasteiger partial charge on any atom is 0.0352 e. The van der Waals surface area contributed by atoms with E-state index in [4.69, 9.17) is 5.73 Å². The van der Waals surface area contributed by atoms with Crippen LogP contribution in [0.1, 0.15) is 5.56 Å². The molecular weight excluding hydrogens is 220 g/mol. The second-order valence-electron chi connectivity index (χ2n) is 4.42. The molecule has 2 heteroatoms. The van der Waals surface area contributed by atoms with E-state index in [9.17, 15) is 0 Å². The van der Waals surface area contributed by atoms with E-state index in [1.165, 1.54) is 16.5 Å². The van der Waals surface area contributed by atoms with Crippen molar-refractivity contribution < 1.29 is 0 Å². The molecule has 0 aliphatic rings. The number of hydrogen-bond acceptors (Lipinski definition) is 2. The van der Waals surface area contributed by atoms with Gasteiger partial charge >= 0.3 is 0 Å². The van der Waals surface area contributed by atoms with Gasteiger partial charge in [0.2, 0.25) is 0 Å². The second kappa shape index (κ2) is 4.15. The number of hydrogen-bond donors (Lipinski definition) is 1. The number of pyridine rings is 1. The van der Waals surface area contributed by atoms with E-state index in [1.54, 1.807) is 0 Å². The van der Waals surface area contributed by atoms with Crippen LogP contribution >= 0.6 is 0 Å². The maximum absolute atomic E-state index is 5.99. The molecule has 0 spiro atoms. The van der Waals surface area contributed by atoms with Gasteiger partial charge in [0, 0.05) is 23.5 Å². The number of anilines is 1. The first kappa shape index (κ1) is 10.8. The average Bonchev–Trinajstić information content (AvgIpc) is 2.41. The predicted molar refractivity (Wildman–Crippen MR) is 76.3 cm³/mol. The van der Waals surface area contributed by atoms with Gasteiger partial charge < -0.3 is 5.73 Å². The van der Waals surface area contributed by atoms with E-state index in [1.807, 2.05) is 30.6 Å². The summed E-state index contributed by atoms with van der Waals surface area (Å²) >= 11 is 0. The van der Waals surface area contributed by atoms with Crippen LogP contribution in [-0.2, 0) is 0 Å². The van der Waals surface area contributed by atoms with Gasteiger partial charge in [-0.2, -0.15) is 0 Å². The highest BCUT2D eigenvalue weighted by atomic mass is 14.6. The summed E-state index contributed by atoms with van der Waals surface area (Å²) in [6.45, 7) is 2.06. The number of aromatic nitrogens is 1. The van der Waals surface area contributed by atoms with Gasteiger partial charge in [-0.25, -0.2) is 0 Å². The highest BCUT2D eigenvalue weighted by Crippen LogP contribution is 2.32. The third-order valence-electron chi connectivity index (χ3n) is 3.35. The zero-order valence-electron chi connectivity index (χ0n) is 10.2. The Morgan fingerprint density at radius 2 is 1.72 bits per heavy atom. The maximum atomic E-state index is 5.99. The molecule has 2 nitrogen and oxygen atoms in total. The molecule has 0 amide bonds. The predicted octanol–water partition coefficient (Wildman–Crippen LogP) is 3.79. The van der Waals surface area contributed by atoms with Crippen molar-refractivity contribution in [1.82, 2.24) is 4.98 Å². The number of nitrogen functional groups attached to an aromatic ring is 1. The Kier molecular flexibility index (Phi) is 2.49. The van der Waals surface area contributed by atoms with Gasteiger partial charge in [0.25, 0.3) is 0 Å². The van der Waals surface area contributed by atoms with Crippen LogP contribution in [0, 0.1) is 6.92 Å². The molecule has 3 aromatic rings. The third kappa shape index (κ3) is 1.63. The van der Waals surface area contributed by atoms with E-state index < -0.39 is 0 Å². The molecule has 0 fully saturated rings. The molecule has 0 saturated heterocycles. The Morgan fingerprint density at radius 1 is 0.944 bits per heavy atom. The number of rotatable bonds is 1. The van der Waals surface area contributed by atoms with Crippen LogP contribution in [0.3, 0.4) is 0 Å². The van der Waals surface area contributed by atoms with Gasteiger partial charge in [0.15, 0.2) is 0 Å². The van der Waals surface area contributed by atoms with Crippen molar-refractivity contribution in [1.29, 1.82) is 0 Å². The Bertz CT molecular complexity index is 712. The molecule has 0 radical (unpaired) electrons. The fraction of sp³-hybridized carbons (Fsp3) is 0.0625. The molecule has 88 valence electrons. The summed E-state index contributed by atoms with van der Waals surface area (Å²) in [5, 5.41) is 2.36. The molecule has 0 aliphatic carbocycles. The standard InChI is InChI=1S/C16H14N2/c1-11-13(5-3-7-16(11)17)14-6-2-4-12-8-9-18-10-15(12)14/h2-10H,17H2,1H3. The average molecular weight is 234 g/mol. The summed E-state index contributed by atoms with van der Waals surface area (Å²) in [6.07, 6.45) is 3.73. The lowest BCUT2D eigenvalue weighted by molar-refractivity contribution is 1.36. The Morgan fingerprint density at radius 3 is 2.61 bits per heavy atom. The van der Waals surface area contributed by atoms with E-state index in [0.29, 0.717) is 0 Å². The van der Waals surface area contributed by atoms with Gasteiger partial charge in [-0.15, -0.1) is 0 Å². The van der Waals surface area contributed by atoms with Crippen molar-refractivity contribution in [2.24, 2.45) is 0 Å². The molecule has 2 N–H and O–H groups in total. The van der Waals surface area contributed by atoms with Crippen molar-refractivity contribution in [3.63, 3.8) is 0 Å². The molecule has 0 unspecified atom stereocenters. The van der Waals surface area contributed by atoms with Gasteiger partial charge in [0.05, 0.1) is 0 Å². The highest BCUT2D eigenvalue weighted by molar-refractivity contribution is 5.97. The van der Waals surface area contributed by atoms with E-state index in [-0.39, 0.29) is 0 Å². The molecule has 3 rings (SSSR count). The minimum atomic E-state index is 0.827. The van der Waals surface area contributed by atoms with Crippen molar-refractivity contribution in [3.8, 4) is 11.1 Å². The lowest BCUT2D eigenvalue weighted by atomic mass is 9.95. The first-order valence-corrected chi connectivity index (χ1v) is 5.95. The fourth-order valence-corrected chi connectivity index (χ4v) is 2.29. The van der Waals surface area contributed by atoms with Crippen LogP contribution in [0.15, 0.2) is 54.9 Å². The largest absolute Gasteiger partial charge is 0.398 e. The first-order chi connectivity index (χ1) is 8.77. The van der Waals surface area contributed by atoms with E-state index in [0.717, 1.165) is 16.6 Å². The van der Waals surface area contributed by atoms with Gasteiger partial charge in [-0.3, -0.25) is 4.98 Å². The van der Waals surface area contributed by atoms with Crippen molar-refractivity contribution in [3.05, 3.63) is 60.4 Å². The van der Waals surface area contributed by atoms with Crippen LogP contribution < -0.4 is 5.73 Å². The lowest BCUT2D eigenvalue weighted by Crippen LogP contribution is -1.92. The number of nitrogens with zero attached hydrogens (tertiary/aromatic N) is 1. The minimum absolute atomic E-state index is 0.827. The summed E-state index contributed by atoms with van der Waals surface area (Å²) < 4.78 is 0. The normalized spacial score (nSPS) is 10.7. The highest BCUT2D eigenvalue weighted by Gasteiger charge is 2.07. The molecule has 18 heavy (non-hydrogen) atoms. The summed E-state index contributed by atoms with van der Waals surface area (Å²) in [4.78, 5) is 4.22. The third-order valence-corrected chi connectivity index (χ3v) is 3.35. The van der Waals surface area contributed by atoms with Crippen molar-refractivity contribution in [2.45, 2.75) is 6.92 Å². The topological polar surface area (TPSA) is 38.9 Å². The van der Waals surface area contributed by atoms with Gasteiger partial charge in [-0.05, 0) is 41.1 Å². The monoisotopic (exact) mass is 234 g/mol. The molecule has 0 bridgehead atoms. The number of nitrogens with two attached hydrogens (primary N) is 1. The van der Waals surface area contributed by atoms with Crippen LogP contribution in [-0.4, -0.2) is 4.98 Å². The van der Waals surface area contributed by atoms with Crippen LogP contribution in [0.25, 0.3) is 21.9 Å².